The smallest absolute Gasteiger partial charge is 0.123 e. The summed E-state index contributed by atoms with van der Waals surface area (Å²) in [4.78, 5) is 10.7. The Hall–Kier alpha value is -0.850. The lowest BCUT2D eigenvalue weighted by atomic mass is 9.80. The standard InChI is InChI=1S/C14H22O/c1-11(2)5-4-6-13-7-8-14(10-15)12(3)9-13/h5,7,10,12,14H,4,6,8-9H2,1-3H3/t12-,14+/m0/s1. The zero-order chi connectivity index (χ0) is 11.3. The minimum atomic E-state index is 0.261. The molecule has 2 atom stereocenters. The van der Waals surface area contributed by atoms with E-state index in [9.17, 15) is 4.79 Å². The van der Waals surface area contributed by atoms with Gasteiger partial charge < -0.3 is 4.79 Å². The van der Waals surface area contributed by atoms with Crippen LogP contribution in [0.2, 0.25) is 0 Å². The maximum atomic E-state index is 10.7. The topological polar surface area (TPSA) is 17.1 Å². The average Bonchev–Trinajstić information content (AvgIpc) is 2.17. The van der Waals surface area contributed by atoms with Crippen molar-refractivity contribution < 1.29 is 4.79 Å². The van der Waals surface area contributed by atoms with Crippen LogP contribution in [0.3, 0.4) is 0 Å². The predicted molar refractivity (Wildman–Crippen MR) is 64.7 cm³/mol. The van der Waals surface area contributed by atoms with Gasteiger partial charge in [-0.25, -0.2) is 0 Å². The number of carbonyl (C=O) groups is 1. The Morgan fingerprint density at radius 2 is 2.27 bits per heavy atom. The van der Waals surface area contributed by atoms with Crippen molar-refractivity contribution in [3.8, 4) is 0 Å². The highest BCUT2D eigenvalue weighted by molar-refractivity contribution is 5.55. The molecule has 0 radical (unpaired) electrons. The van der Waals surface area contributed by atoms with Crippen molar-refractivity contribution in [2.24, 2.45) is 11.8 Å². The van der Waals surface area contributed by atoms with E-state index in [1.165, 1.54) is 17.6 Å². The van der Waals surface area contributed by atoms with Crippen molar-refractivity contribution >= 4 is 6.29 Å². The van der Waals surface area contributed by atoms with E-state index in [0.29, 0.717) is 5.92 Å². The quantitative estimate of drug-likeness (QED) is 0.503. The van der Waals surface area contributed by atoms with Gasteiger partial charge in [-0.3, -0.25) is 0 Å². The van der Waals surface area contributed by atoms with Gasteiger partial charge in [-0.2, -0.15) is 0 Å². The molecule has 0 saturated carbocycles. The third-order valence-electron chi connectivity index (χ3n) is 3.19. The normalized spacial score (nSPS) is 25.7. The van der Waals surface area contributed by atoms with Crippen molar-refractivity contribution in [1.82, 2.24) is 0 Å². The summed E-state index contributed by atoms with van der Waals surface area (Å²) in [6.45, 7) is 6.47. The van der Waals surface area contributed by atoms with E-state index in [-0.39, 0.29) is 5.92 Å². The molecule has 1 aliphatic rings. The largest absolute Gasteiger partial charge is 0.303 e. The van der Waals surface area contributed by atoms with Gasteiger partial charge >= 0.3 is 0 Å². The molecule has 1 nitrogen and oxygen atoms in total. The maximum absolute atomic E-state index is 10.7. The van der Waals surface area contributed by atoms with E-state index < -0.39 is 0 Å². The predicted octanol–water partition coefficient (Wildman–Crippen LogP) is 3.90. The second-order valence-electron chi connectivity index (χ2n) is 4.90. The SMILES string of the molecule is CC(C)=CCCC1=CC[C@H](C=O)[C@@H](C)C1. The molecular formula is C14H22O. The summed E-state index contributed by atoms with van der Waals surface area (Å²) in [6, 6.07) is 0. The first kappa shape index (κ1) is 12.2. The zero-order valence-corrected chi connectivity index (χ0v) is 10.1. The van der Waals surface area contributed by atoms with Crippen molar-refractivity contribution in [3.05, 3.63) is 23.3 Å². The number of carbonyl (C=O) groups excluding carboxylic acids is 1. The maximum Gasteiger partial charge on any atom is 0.123 e. The number of rotatable bonds is 4. The van der Waals surface area contributed by atoms with Gasteiger partial charge in [0, 0.05) is 5.92 Å². The van der Waals surface area contributed by atoms with Crippen LogP contribution in [0.1, 0.15) is 46.5 Å². The third-order valence-corrected chi connectivity index (χ3v) is 3.19. The molecule has 0 amide bonds. The minimum Gasteiger partial charge on any atom is -0.303 e. The fraction of sp³-hybridized carbons (Fsp3) is 0.643. The van der Waals surface area contributed by atoms with E-state index in [4.69, 9.17) is 0 Å². The number of hydrogen-bond donors (Lipinski definition) is 0. The summed E-state index contributed by atoms with van der Waals surface area (Å²) in [5.41, 5.74) is 2.93. The van der Waals surface area contributed by atoms with Gasteiger partial charge in [-0.15, -0.1) is 0 Å². The summed E-state index contributed by atoms with van der Waals surface area (Å²) in [7, 11) is 0. The highest BCUT2D eigenvalue weighted by Crippen LogP contribution is 2.30. The van der Waals surface area contributed by atoms with Crippen LogP contribution in [-0.4, -0.2) is 6.29 Å². The lowest BCUT2D eigenvalue weighted by molar-refractivity contribution is -0.112. The molecule has 0 aliphatic heterocycles. The van der Waals surface area contributed by atoms with Crippen LogP contribution in [0.25, 0.3) is 0 Å². The monoisotopic (exact) mass is 206 g/mol. The molecule has 84 valence electrons. The van der Waals surface area contributed by atoms with Gasteiger partial charge in [0.2, 0.25) is 0 Å². The molecule has 0 heterocycles. The summed E-state index contributed by atoms with van der Waals surface area (Å²) in [6.07, 6.45) is 10.1. The molecule has 1 aliphatic carbocycles. The summed E-state index contributed by atoms with van der Waals surface area (Å²) in [5.74, 6) is 0.798. The molecule has 0 aromatic rings. The van der Waals surface area contributed by atoms with Crippen LogP contribution in [-0.2, 0) is 4.79 Å². The Morgan fingerprint density at radius 3 is 2.80 bits per heavy atom. The average molecular weight is 206 g/mol. The second-order valence-corrected chi connectivity index (χ2v) is 4.90. The van der Waals surface area contributed by atoms with Gasteiger partial charge in [0.05, 0.1) is 0 Å². The number of hydrogen-bond acceptors (Lipinski definition) is 1. The highest BCUT2D eigenvalue weighted by atomic mass is 16.1. The molecule has 0 fully saturated rings. The Bertz CT molecular complexity index is 269. The molecule has 0 spiro atoms. The Balaban J connectivity index is 2.41. The molecule has 1 heteroatoms. The van der Waals surface area contributed by atoms with Gasteiger partial charge in [0.25, 0.3) is 0 Å². The Morgan fingerprint density at radius 1 is 1.53 bits per heavy atom. The van der Waals surface area contributed by atoms with Crippen LogP contribution in [0.4, 0.5) is 0 Å². The first-order chi connectivity index (χ1) is 7.13. The van der Waals surface area contributed by atoms with Crippen LogP contribution >= 0.6 is 0 Å². The molecular weight excluding hydrogens is 184 g/mol. The van der Waals surface area contributed by atoms with Gasteiger partial charge in [0.15, 0.2) is 0 Å². The molecule has 1 rings (SSSR count). The molecule has 0 N–H and O–H groups in total. The first-order valence-electron chi connectivity index (χ1n) is 5.90. The van der Waals surface area contributed by atoms with Crippen molar-refractivity contribution in [3.63, 3.8) is 0 Å². The summed E-state index contributed by atoms with van der Waals surface area (Å²) < 4.78 is 0. The zero-order valence-electron chi connectivity index (χ0n) is 10.1. The van der Waals surface area contributed by atoms with Gasteiger partial charge in [0.1, 0.15) is 6.29 Å². The van der Waals surface area contributed by atoms with Crippen LogP contribution in [0.5, 0.6) is 0 Å². The number of aldehydes is 1. The van der Waals surface area contributed by atoms with E-state index in [1.54, 1.807) is 0 Å². The van der Waals surface area contributed by atoms with E-state index in [0.717, 1.165) is 25.5 Å². The van der Waals surface area contributed by atoms with E-state index in [1.807, 2.05) is 0 Å². The van der Waals surface area contributed by atoms with Crippen LogP contribution in [0.15, 0.2) is 23.3 Å². The van der Waals surface area contributed by atoms with Crippen molar-refractivity contribution in [2.75, 3.05) is 0 Å². The number of allylic oxidation sites excluding steroid dienone is 4. The Labute approximate surface area is 93.3 Å². The van der Waals surface area contributed by atoms with Crippen LogP contribution < -0.4 is 0 Å². The van der Waals surface area contributed by atoms with Crippen molar-refractivity contribution in [2.45, 2.75) is 46.5 Å². The van der Waals surface area contributed by atoms with E-state index in [2.05, 4.69) is 32.9 Å². The molecule has 0 unspecified atom stereocenters. The molecule has 0 aromatic carbocycles. The van der Waals surface area contributed by atoms with Crippen LogP contribution in [0, 0.1) is 11.8 Å². The lowest BCUT2D eigenvalue weighted by Crippen LogP contribution is -2.17. The van der Waals surface area contributed by atoms with Gasteiger partial charge in [-0.05, 0) is 45.4 Å². The third kappa shape index (κ3) is 4.03. The molecule has 0 bridgehead atoms. The Kier molecular flexibility index (Phi) is 4.80. The summed E-state index contributed by atoms with van der Waals surface area (Å²) in [5, 5.41) is 0. The van der Waals surface area contributed by atoms with Crippen molar-refractivity contribution in [1.29, 1.82) is 0 Å². The summed E-state index contributed by atoms with van der Waals surface area (Å²) >= 11 is 0. The molecule has 0 aromatic heterocycles. The molecule has 0 saturated heterocycles. The van der Waals surface area contributed by atoms with E-state index >= 15 is 0 Å². The minimum absolute atomic E-state index is 0.261. The molecule has 15 heavy (non-hydrogen) atoms. The first-order valence-corrected chi connectivity index (χ1v) is 5.90. The second kappa shape index (κ2) is 5.89. The van der Waals surface area contributed by atoms with Gasteiger partial charge in [-0.1, -0.05) is 30.2 Å². The highest BCUT2D eigenvalue weighted by Gasteiger charge is 2.20. The fourth-order valence-electron chi connectivity index (χ4n) is 2.12. The lowest BCUT2D eigenvalue weighted by Gasteiger charge is -2.24. The fourth-order valence-corrected chi connectivity index (χ4v) is 2.12.